The van der Waals surface area contributed by atoms with Gasteiger partial charge in [0.25, 0.3) is 15.6 Å². The summed E-state index contributed by atoms with van der Waals surface area (Å²) in [6.07, 6.45) is 48.1. The van der Waals surface area contributed by atoms with Gasteiger partial charge in [0.15, 0.2) is 18.0 Å². The molecule has 1 aliphatic rings. The van der Waals surface area contributed by atoms with Crippen LogP contribution in [0.25, 0.3) is 0 Å². The van der Waals surface area contributed by atoms with Crippen LogP contribution in [-0.4, -0.2) is 117 Å². The van der Waals surface area contributed by atoms with Crippen molar-refractivity contribution < 1.29 is 154 Å². The Labute approximate surface area is 629 Å². The Bertz CT molecular complexity index is 1860. The van der Waals surface area contributed by atoms with Crippen molar-refractivity contribution in [3.05, 3.63) is 0 Å². The van der Waals surface area contributed by atoms with Crippen LogP contribution in [0.3, 0.4) is 0 Å². The van der Waals surface area contributed by atoms with Crippen LogP contribution in [0, 0.1) is 0 Å². The maximum absolute atomic E-state index is 12.6. The van der Waals surface area contributed by atoms with Crippen molar-refractivity contribution in [2.45, 2.75) is 387 Å². The van der Waals surface area contributed by atoms with Crippen molar-refractivity contribution in [2.24, 2.45) is 0 Å². The number of phosphoric acid groups is 2. The standard InChI is InChI=1S/C37H71O10P.C34H67O10P.CH4.2Na/c1-5-7-9-11-13-15-17-19-21-23-25-27-35(38)42-29-33(31-44-48(40,41)45-32-34-30-43-37(3,4)47-34)46-36(39)28-26-24-22-20-18-16-14-12-10-8-6-2;1-3-5-7-9-11-13-15-17-19-21-23-25-33(37)41-29-32(30-43-45(39,40)42-28-31(36)27-35)44-34(38)26-24-22-20-18-16-14-12-10-8-6-4-2;;;/h33-34H,5-32H2,1-4H3,(H,40,41);31-32,35-36H,3-30H2,1-2H3,(H,39,40);1H4;;/q;;;2*+1/p-2/t33-,34?;31?,32-;;;/m11.../s1. The van der Waals surface area contributed by atoms with Crippen LogP contribution in [0.2, 0.25) is 0 Å². The molecule has 560 valence electrons. The number of hydrogen-bond donors (Lipinski definition) is 2. The fourth-order valence-corrected chi connectivity index (χ4v) is 12.2. The normalized spacial score (nSPS) is 15.5. The fraction of sp³-hybridized carbons (Fsp3) is 0.944. The van der Waals surface area contributed by atoms with E-state index in [-0.39, 0.29) is 119 Å². The maximum atomic E-state index is 12.6. The zero-order valence-electron chi connectivity index (χ0n) is 61.5. The zero-order chi connectivity index (χ0) is 68.8. The summed E-state index contributed by atoms with van der Waals surface area (Å²) < 4.78 is 76.4. The quantitative estimate of drug-likeness (QED) is 0.0188. The van der Waals surface area contributed by atoms with Gasteiger partial charge in [-0.25, -0.2) is 0 Å². The van der Waals surface area contributed by atoms with Crippen molar-refractivity contribution in [2.75, 3.05) is 52.9 Å². The molecule has 6 atom stereocenters. The van der Waals surface area contributed by atoms with Gasteiger partial charge in [0.2, 0.25) is 0 Å². The number of aliphatic hydroxyl groups excluding tert-OH is 2. The van der Waals surface area contributed by atoms with E-state index in [9.17, 15) is 43.2 Å². The molecular weight excluding hydrogens is 1290 g/mol. The molecule has 1 heterocycles. The number of aliphatic hydroxyl groups is 2. The molecule has 0 amide bonds. The minimum Gasteiger partial charge on any atom is -0.756 e. The Kier molecular flexibility index (Phi) is 76.6. The van der Waals surface area contributed by atoms with Crippen molar-refractivity contribution in [3.8, 4) is 0 Å². The molecule has 2 N–H and O–H groups in total. The van der Waals surface area contributed by atoms with Crippen LogP contribution in [-0.2, 0) is 74.8 Å². The number of carbonyl (C=O) groups is 4. The third kappa shape index (κ3) is 71.0. The van der Waals surface area contributed by atoms with Gasteiger partial charge in [0, 0.05) is 25.7 Å². The average Bonchev–Trinajstić information content (AvgIpc) is 1.91. The van der Waals surface area contributed by atoms with Gasteiger partial charge < -0.3 is 66.5 Å². The van der Waals surface area contributed by atoms with Crippen LogP contribution in [0.5, 0.6) is 0 Å². The summed E-state index contributed by atoms with van der Waals surface area (Å²) in [5.41, 5.74) is 0. The van der Waals surface area contributed by atoms with E-state index in [2.05, 4.69) is 32.2 Å². The number of unbranched alkanes of at least 4 members (excludes halogenated alkanes) is 40. The molecule has 0 radical (unpaired) electrons. The molecule has 0 saturated carbocycles. The Morgan fingerprint density at radius 3 is 0.927 bits per heavy atom. The Balaban J connectivity index is -0.000000857. The van der Waals surface area contributed by atoms with E-state index in [0.717, 1.165) is 77.0 Å². The first-order chi connectivity index (χ1) is 44.8. The predicted molar refractivity (Wildman–Crippen MR) is 370 cm³/mol. The Hall–Kier alpha value is -0.0600. The number of hydrogen-bond acceptors (Lipinski definition) is 20. The number of carbonyl (C=O) groups excluding carboxylic acids is 4. The minimum atomic E-state index is -4.85. The second-order valence-electron chi connectivity index (χ2n) is 26.1. The van der Waals surface area contributed by atoms with Gasteiger partial charge in [-0.2, -0.15) is 0 Å². The van der Waals surface area contributed by atoms with Gasteiger partial charge in [-0.1, -0.05) is 292 Å². The van der Waals surface area contributed by atoms with Crippen LogP contribution in [0.4, 0.5) is 0 Å². The predicted octanol–water partition coefficient (Wildman–Crippen LogP) is 11.8. The number of esters is 4. The van der Waals surface area contributed by atoms with Gasteiger partial charge in [-0.3, -0.25) is 28.3 Å². The molecule has 0 aliphatic carbocycles. The largest absolute Gasteiger partial charge is 1.00 e. The van der Waals surface area contributed by atoms with Crippen molar-refractivity contribution in [1.29, 1.82) is 0 Å². The summed E-state index contributed by atoms with van der Waals surface area (Å²) in [7, 11) is -9.58. The average molecular weight is 1430 g/mol. The summed E-state index contributed by atoms with van der Waals surface area (Å²) in [6, 6.07) is 0. The van der Waals surface area contributed by atoms with Gasteiger partial charge in [0.1, 0.15) is 25.4 Å². The summed E-state index contributed by atoms with van der Waals surface area (Å²) in [4.78, 5) is 74.2. The fourth-order valence-electron chi connectivity index (χ4n) is 10.6. The molecule has 24 heteroatoms. The number of ether oxygens (including phenoxy) is 6. The van der Waals surface area contributed by atoms with Crippen LogP contribution in [0.15, 0.2) is 0 Å². The van der Waals surface area contributed by atoms with E-state index in [1.165, 1.54) is 186 Å². The molecule has 1 saturated heterocycles. The molecule has 0 aromatic heterocycles. The van der Waals surface area contributed by atoms with Crippen LogP contribution >= 0.6 is 15.6 Å². The van der Waals surface area contributed by atoms with E-state index < -0.39 is 96.2 Å². The molecule has 1 rings (SSSR count). The summed E-state index contributed by atoms with van der Waals surface area (Å²) in [5, 5.41) is 18.2. The van der Waals surface area contributed by atoms with Gasteiger partial charge >= 0.3 is 83.0 Å². The van der Waals surface area contributed by atoms with E-state index >= 15 is 0 Å². The van der Waals surface area contributed by atoms with Crippen LogP contribution in [0.1, 0.15) is 357 Å². The van der Waals surface area contributed by atoms with E-state index in [1.807, 2.05) is 0 Å². The zero-order valence-corrected chi connectivity index (χ0v) is 67.3. The molecule has 1 fully saturated rings. The third-order valence-corrected chi connectivity index (χ3v) is 18.2. The molecule has 96 heavy (non-hydrogen) atoms. The first-order valence-corrected chi connectivity index (χ1v) is 40.2. The summed E-state index contributed by atoms with van der Waals surface area (Å²) in [5.74, 6) is -2.64. The van der Waals surface area contributed by atoms with Crippen molar-refractivity contribution in [3.63, 3.8) is 0 Å². The second kappa shape index (κ2) is 71.9. The second-order valence-corrected chi connectivity index (χ2v) is 28.9. The van der Waals surface area contributed by atoms with Crippen molar-refractivity contribution >= 4 is 39.5 Å². The van der Waals surface area contributed by atoms with Gasteiger partial charge in [0.05, 0.1) is 39.6 Å². The summed E-state index contributed by atoms with van der Waals surface area (Å²) in [6.45, 7) is 9.23. The number of rotatable bonds is 67. The number of phosphoric ester groups is 2. The topological polar surface area (TPSA) is 281 Å². The molecule has 0 aromatic rings. The van der Waals surface area contributed by atoms with Crippen molar-refractivity contribution in [1.82, 2.24) is 0 Å². The van der Waals surface area contributed by atoms with Gasteiger partial charge in [-0.15, -0.1) is 0 Å². The molecular formula is C72H140Na2O20P2. The first-order valence-electron chi connectivity index (χ1n) is 37.3. The Morgan fingerprint density at radius 1 is 0.417 bits per heavy atom. The smallest absolute Gasteiger partial charge is 0.756 e. The van der Waals surface area contributed by atoms with Crippen LogP contribution < -0.4 is 68.9 Å². The SMILES string of the molecule is C.CCCCCCCCCCCCCC(=O)OC[C@H](COP(=O)([O-])OCC(O)CO)OC(=O)CCCCCCCCCCCCC.CCCCCCCCCCCCCC(=O)OC[C@H](COP(=O)([O-])OCC1COC(C)(C)O1)OC(=O)CCCCCCCCCCCCC.[Na+].[Na+]. The van der Waals surface area contributed by atoms with Gasteiger partial charge in [-0.05, 0) is 39.5 Å². The molecule has 0 spiro atoms. The van der Waals surface area contributed by atoms with E-state index in [0.29, 0.717) is 19.3 Å². The van der Waals surface area contributed by atoms with E-state index in [4.69, 9.17) is 47.1 Å². The third-order valence-electron chi connectivity index (χ3n) is 16.4. The Morgan fingerprint density at radius 2 is 0.667 bits per heavy atom. The molecule has 0 aromatic carbocycles. The minimum absolute atomic E-state index is 0. The molecule has 20 nitrogen and oxygen atoms in total. The molecule has 1 aliphatic heterocycles. The summed E-state index contributed by atoms with van der Waals surface area (Å²) >= 11 is 0. The first kappa shape index (κ1) is 102. The molecule has 4 unspecified atom stereocenters. The van der Waals surface area contributed by atoms with E-state index in [1.54, 1.807) is 13.8 Å². The molecule has 0 bridgehead atoms. The maximum Gasteiger partial charge on any atom is 1.00 e. The monoisotopic (exact) mass is 1430 g/mol.